The smallest absolute Gasteiger partial charge is 0.269 e. The number of halogens is 3. The van der Waals surface area contributed by atoms with Crippen LogP contribution in [0.1, 0.15) is 17.8 Å². The number of hydrogen-bond acceptors (Lipinski definition) is 6. The number of hydrogen-bond donors (Lipinski definition) is 1. The van der Waals surface area contributed by atoms with E-state index in [4.69, 9.17) is 44.2 Å². The minimum atomic E-state index is -0.341. The molecule has 0 saturated carbocycles. The van der Waals surface area contributed by atoms with E-state index >= 15 is 0 Å². The van der Waals surface area contributed by atoms with Gasteiger partial charge in [0.2, 0.25) is 0 Å². The second-order valence-electron chi connectivity index (χ2n) is 6.63. The van der Waals surface area contributed by atoms with E-state index in [2.05, 4.69) is 20.6 Å². The quantitative estimate of drug-likeness (QED) is 0.570. The van der Waals surface area contributed by atoms with Gasteiger partial charge in [0.05, 0.1) is 16.5 Å². The lowest BCUT2D eigenvalue weighted by molar-refractivity contribution is -0.115. The fraction of sp³-hybridized carbons (Fsp3) is 0.200. The normalized spacial score (nSPS) is 15.6. The van der Waals surface area contributed by atoms with Crippen molar-refractivity contribution < 1.29 is 14.2 Å². The molecule has 4 rings (SSSR count). The highest BCUT2D eigenvalue weighted by Gasteiger charge is 2.27. The van der Waals surface area contributed by atoms with Crippen LogP contribution in [0.3, 0.4) is 0 Å². The molecule has 1 amide bonds. The number of carbonyl (C=O) groups excluding carboxylic acids is 1. The molecule has 3 aromatic rings. The van der Waals surface area contributed by atoms with Gasteiger partial charge < -0.3 is 14.7 Å². The second kappa shape index (κ2) is 9.04. The summed E-state index contributed by atoms with van der Waals surface area (Å²) >= 11 is 17.8. The zero-order valence-electron chi connectivity index (χ0n) is 15.4. The number of carbonyl (C=O) groups is 1. The average Bonchev–Trinajstić information content (AvgIpc) is 3.39. The van der Waals surface area contributed by atoms with Crippen molar-refractivity contribution in [2.24, 2.45) is 5.16 Å². The first kappa shape index (κ1) is 20.7. The molecule has 1 aromatic heterocycles. The van der Waals surface area contributed by atoms with E-state index in [0.29, 0.717) is 51.9 Å². The maximum atomic E-state index is 12.3. The molecule has 1 atom stereocenters. The number of nitrogens with zero attached hydrogens (tertiary/aromatic N) is 3. The number of nitrogens with one attached hydrogen (secondary N) is 1. The van der Waals surface area contributed by atoms with E-state index in [1.54, 1.807) is 42.5 Å². The maximum Gasteiger partial charge on any atom is 0.269 e. The lowest BCUT2D eigenvalue weighted by Crippen LogP contribution is -2.30. The Bertz CT molecular complexity index is 1100. The fourth-order valence-electron chi connectivity index (χ4n) is 2.86. The molecular formula is C20H15Cl3N4O3. The van der Waals surface area contributed by atoms with Crippen LogP contribution in [-0.2, 0) is 22.6 Å². The van der Waals surface area contributed by atoms with E-state index in [0.717, 1.165) is 11.1 Å². The van der Waals surface area contributed by atoms with Crippen LogP contribution in [0.25, 0.3) is 11.5 Å². The summed E-state index contributed by atoms with van der Waals surface area (Å²) in [7, 11) is 0. The minimum absolute atomic E-state index is 0.300. The minimum Gasteiger partial charge on any atom is -0.391 e. The number of rotatable bonds is 6. The van der Waals surface area contributed by atoms with Crippen molar-refractivity contribution in [3.63, 3.8) is 0 Å². The Hall–Kier alpha value is -2.61. The number of amides is 1. The molecule has 1 N–H and O–H groups in total. The highest BCUT2D eigenvalue weighted by Crippen LogP contribution is 2.23. The van der Waals surface area contributed by atoms with E-state index < -0.39 is 0 Å². The fourth-order valence-corrected chi connectivity index (χ4v) is 3.30. The molecule has 2 aromatic carbocycles. The highest BCUT2D eigenvalue weighted by molar-refractivity contribution is 6.42. The van der Waals surface area contributed by atoms with E-state index in [9.17, 15) is 4.79 Å². The van der Waals surface area contributed by atoms with Crippen molar-refractivity contribution in [2.45, 2.75) is 25.5 Å². The van der Waals surface area contributed by atoms with Gasteiger partial charge in [-0.3, -0.25) is 4.79 Å². The van der Waals surface area contributed by atoms with Gasteiger partial charge >= 0.3 is 0 Å². The lowest BCUT2D eigenvalue weighted by Gasteiger charge is -2.06. The molecule has 0 spiro atoms. The Morgan fingerprint density at radius 1 is 1.10 bits per heavy atom. The third-order valence-corrected chi connectivity index (χ3v) is 5.39. The number of aromatic nitrogens is 2. The van der Waals surface area contributed by atoms with Crippen LogP contribution in [0, 0.1) is 0 Å². The van der Waals surface area contributed by atoms with Gasteiger partial charge in [-0.1, -0.05) is 51.2 Å². The van der Waals surface area contributed by atoms with Gasteiger partial charge in [0.15, 0.2) is 5.82 Å². The summed E-state index contributed by atoms with van der Waals surface area (Å²) in [6.45, 7) is 0.300. The molecule has 1 unspecified atom stereocenters. The average molecular weight is 466 g/mol. The zero-order valence-corrected chi connectivity index (χ0v) is 17.7. The zero-order chi connectivity index (χ0) is 21.1. The van der Waals surface area contributed by atoms with Crippen LogP contribution < -0.4 is 5.32 Å². The molecule has 0 radical (unpaired) electrons. The molecule has 10 heteroatoms. The lowest BCUT2D eigenvalue weighted by atomic mass is 10.1. The third kappa shape index (κ3) is 4.92. The van der Waals surface area contributed by atoms with Crippen LogP contribution in [0.4, 0.5) is 0 Å². The number of oxime groups is 1. The van der Waals surface area contributed by atoms with Crippen molar-refractivity contribution in [1.29, 1.82) is 0 Å². The van der Waals surface area contributed by atoms with Crippen LogP contribution in [-0.4, -0.2) is 27.9 Å². The first-order valence-corrected chi connectivity index (χ1v) is 10.1. The molecule has 0 aliphatic carbocycles. The van der Waals surface area contributed by atoms with Gasteiger partial charge in [-0.15, -0.1) is 0 Å². The van der Waals surface area contributed by atoms with Crippen molar-refractivity contribution in [3.05, 3.63) is 68.9 Å². The summed E-state index contributed by atoms with van der Waals surface area (Å²) in [4.78, 5) is 22.1. The van der Waals surface area contributed by atoms with Crippen LogP contribution in [0.5, 0.6) is 0 Å². The Morgan fingerprint density at radius 3 is 2.67 bits per heavy atom. The summed E-state index contributed by atoms with van der Waals surface area (Å²) in [5.74, 6) is 0.552. The predicted octanol–water partition coefficient (Wildman–Crippen LogP) is 4.70. The van der Waals surface area contributed by atoms with Crippen molar-refractivity contribution in [3.8, 4) is 11.5 Å². The molecule has 1 aliphatic heterocycles. The molecule has 0 saturated heterocycles. The van der Waals surface area contributed by atoms with Crippen molar-refractivity contribution in [2.75, 3.05) is 0 Å². The van der Waals surface area contributed by atoms with E-state index in [1.807, 2.05) is 0 Å². The van der Waals surface area contributed by atoms with Gasteiger partial charge in [-0.2, -0.15) is 4.98 Å². The molecule has 30 heavy (non-hydrogen) atoms. The summed E-state index contributed by atoms with van der Waals surface area (Å²) in [5, 5.41) is 12.2. The first-order valence-electron chi connectivity index (χ1n) is 9.01. The third-order valence-electron chi connectivity index (χ3n) is 4.40. The number of benzene rings is 2. The maximum absolute atomic E-state index is 12.3. The van der Waals surface area contributed by atoms with E-state index in [1.165, 1.54) is 0 Å². The van der Waals surface area contributed by atoms with Gasteiger partial charge in [-0.05, 0) is 42.0 Å². The van der Waals surface area contributed by atoms with Crippen LogP contribution in [0.15, 0.2) is 52.1 Å². The summed E-state index contributed by atoms with van der Waals surface area (Å²) < 4.78 is 5.28. The van der Waals surface area contributed by atoms with Crippen molar-refractivity contribution in [1.82, 2.24) is 15.5 Å². The molecule has 2 heterocycles. The molecular weight excluding hydrogens is 451 g/mol. The topological polar surface area (TPSA) is 89.6 Å². The molecule has 1 aliphatic rings. The highest BCUT2D eigenvalue weighted by atomic mass is 35.5. The van der Waals surface area contributed by atoms with Gasteiger partial charge in [0.25, 0.3) is 11.8 Å². The standard InChI is InChI=1S/C20H15Cl3N4O3/c21-13-4-2-12(3-5-13)20-25-18(27-30-20)9-14-8-17(26-29-14)19(28)24-10-11-1-6-15(22)16(23)7-11/h1-7,14H,8-10H2,(H,24,28). The predicted molar refractivity (Wildman–Crippen MR) is 114 cm³/mol. The summed E-state index contributed by atoms with van der Waals surface area (Å²) in [5.41, 5.74) is 1.90. The Kier molecular flexibility index (Phi) is 6.22. The molecule has 154 valence electrons. The summed E-state index contributed by atoms with van der Waals surface area (Å²) in [6, 6.07) is 12.3. The second-order valence-corrected chi connectivity index (χ2v) is 7.88. The Labute approximate surface area is 186 Å². The molecule has 0 bridgehead atoms. The Morgan fingerprint density at radius 2 is 1.90 bits per heavy atom. The summed E-state index contributed by atoms with van der Waals surface area (Å²) in [6.07, 6.45) is 0.369. The monoisotopic (exact) mass is 464 g/mol. The first-order chi connectivity index (χ1) is 14.5. The largest absolute Gasteiger partial charge is 0.391 e. The van der Waals surface area contributed by atoms with Crippen LogP contribution in [0.2, 0.25) is 15.1 Å². The van der Waals surface area contributed by atoms with Crippen molar-refractivity contribution >= 4 is 46.4 Å². The Balaban J connectivity index is 1.29. The molecule has 0 fully saturated rings. The van der Waals surface area contributed by atoms with Gasteiger partial charge in [0, 0.05) is 23.6 Å². The van der Waals surface area contributed by atoms with Gasteiger partial charge in [-0.25, -0.2) is 0 Å². The molecule has 7 nitrogen and oxygen atoms in total. The van der Waals surface area contributed by atoms with Gasteiger partial charge in [0.1, 0.15) is 11.8 Å². The van der Waals surface area contributed by atoms with Crippen LogP contribution >= 0.6 is 34.8 Å². The van der Waals surface area contributed by atoms with E-state index in [-0.39, 0.29) is 12.0 Å². The SMILES string of the molecule is O=C(NCc1ccc(Cl)c(Cl)c1)C1=NOC(Cc2noc(-c3ccc(Cl)cc3)n2)C1.